The number of hydrogen-bond donors (Lipinski definition) is 2. The van der Waals surface area contributed by atoms with Crippen LogP contribution in [0.1, 0.15) is 46.5 Å². The fraction of sp³-hybridized carbons (Fsp3) is 0.833. The number of hydrogen-bond acceptors (Lipinski definition) is 4. The first-order valence-electron chi connectivity index (χ1n) is 6.27. The standard InChI is InChI=1S/C12H23NO5S/c1-12(2,3)19(17,18)9-8-13-10(14)6-4-5-7-11(15)16/h4-9H2,1-3H3,(H,13,14)(H,15,16). The zero-order valence-electron chi connectivity index (χ0n) is 11.7. The Morgan fingerprint density at radius 1 is 1.11 bits per heavy atom. The molecule has 0 rings (SSSR count). The molecule has 2 N–H and O–H groups in total. The molecule has 0 radical (unpaired) electrons. The molecule has 0 spiro atoms. The molecule has 0 bridgehead atoms. The number of carboxylic acids is 1. The van der Waals surface area contributed by atoms with E-state index in [-0.39, 0.29) is 31.0 Å². The summed E-state index contributed by atoms with van der Waals surface area (Å²) < 4.78 is 22.7. The molecule has 0 atom stereocenters. The van der Waals surface area contributed by atoms with Crippen molar-refractivity contribution >= 4 is 21.7 Å². The van der Waals surface area contributed by atoms with Crippen LogP contribution in [-0.4, -0.2) is 42.4 Å². The van der Waals surface area contributed by atoms with E-state index in [1.165, 1.54) is 0 Å². The second-order valence-electron chi connectivity index (χ2n) is 5.38. The lowest BCUT2D eigenvalue weighted by molar-refractivity contribution is -0.137. The van der Waals surface area contributed by atoms with Gasteiger partial charge >= 0.3 is 5.97 Å². The van der Waals surface area contributed by atoms with E-state index in [4.69, 9.17) is 5.11 Å². The van der Waals surface area contributed by atoms with Gasteiger partial charge in [-0.1, -0.05) is 0 Å². The van der Waals surface area contributed by atoms with Crippen LogP contribution < -0.4 is 5.32 Å². The minimum atomic E-state index is -3.22. The highest BCUT2D eigenvalue weighted by atomic mass is 32.2. The van der Waals surface area contributed by atoms with Crippen LogP contribution in [0.4, 0.5) is 0 Å². The Kier molecular flexibility index (Phi) is 7.04. The molecule has 0 saturated heterocycles. The molecule has 0 aliphatic carbocycles. The first-order valence-corrected chi connectivity index (χ1v) is 7.92. The third-order valence-electron chi connectivity index (χ3n) is 2.67. The van der Waals surface area contributed by atoms with E-state index in [0.29, 0.717) is 12.8 Å². The Bertz CT molecular complexity index is 408. The SMILES string of the molecule is CC(C)(C)S(=O)(=O)CCNC(=O)CCCCC(=O)O. The first kappa shape index (κ1) is 17.9. The molecular weight excluding hydrogens is 270 g/mol. The van der Waals surface area contributed by atoms with Crippen molar-refractivity contribution < 1.29 is 23.1 Å². The number of nitrogens with one attached hydrogen (secondary N) is 1. The van der Waals surface area contributed by atoms with Crippen molar-refractivity contribution in [3.05, 3.63) is 0 Å². The predicted octanol–water partition coefficient (Wildman–Crippen LogP) is 0.961. The highest BCUT2D eigenvalue weighted by Gasteiger charge is 2.28. The van der Waals surface area contributed by atoms with Crippen molar-refractivity contribution in [2.45, 2.75) is 51.2 Å². The molecule has 0 aliphatic rings. The van der Waals surface area contributed by atoms with E-state index >= 15 is 0 Å². The van der Waals surface area contributed by atoms with Gasteiger partial charge in [-0.05, 0) is 33.6 Å². The van der Waals surface area contributed by atoms with Gasteiger partial charge in [0.2, 0.25) is 5.91 Å². The summed E-state index contributed by atoms with van der Waals surface area (Å²) in [4.78, 5) is 21.6. The van der Waals surface area contributed by atoms with Crippen LogP contribution in [0.15, 0.2) is 0 Å². The maximum Gasteiger partial charge on any atom is 0.303 e. The smallest absolute Gasteiger partial charge is 0.303 e. The van der Waals surface area contributed by atoms with E-state index in [1.807, 2.05) is 0 Å². The molecule has 0 aliphatic heterocycles. The highest BCUT2D eigenvalue weighted by Crippen LogP contribution is 2.15. The van der Waals surface area contributed by atoms with Gasteiger partial charge in [0.15, 0.2) is 9.84 Å². The molecule has 0 aromatic heterocycles. The summed E-state index contributed by atoms with van der Waals surface area (Å²) in [7, 11) is -3.22. The van der Waals surface area contributed by atoms with Gasteiger partial charge in [-0.2, -0.15) is 0 Å². The molecule has 0 aromatic rings. The van der Waals surface area contributed by atoms with Crippen molar-refractivity contribution in [2.24, 2.45) is 0 Å². The number of amides is 1. The minimum absolute atomic E-state index is 0.0473. The Morgan fingerprint density at radius 2 is 1.63 bits per heavy atom. The van der Waals surface area contributed by atoms with E-state index in [9.17, 15) is 18.0 Å². The molecule has 0 aromatic carbocycles. The van der Waals surface area contributed by atoms with Crippen LogP contribution in [0, 0.1) is 0 Å². The topological polar surface area (TPSA) is 101 Å². The van der Waals surface area contributed by atoms with Crippen LogP contribution >= 0.6 is 0 Å². The molecule has 112 valence electrons. The van der Waals surface area contributed by atoms with Crippen LogP contribution in [0.25, 0.3) is 0 Å². The fourth-order valence-electron chi connectivity index (χ4n) is 1.28. The summed E-state index contributed by atoms with van der Waals surface area (Å²) in [6, 6.07) is 0. The maximum absolute atomic E-state index is 11.8. The molecule has 0 fully saturated rings. The van der Waals surface area contributed by atoms with Gasteiger partial charge in [-0.3, -0.25) is 9.59 Å². The maximum atomic E-state index is 11.8. The fourth-order valence-corrected chi connectivity index (χ4v) is 2.26. The molecule has 7 heteroatoms. The summed E-state index contributed by atoms with van der Waals surface area (Å²) >= 11 is 0. The average Bonchev–Trinajstić information content (AvgIpc) is 2.22. The zero-order valence-corrected chi connectivity index (χ0v) is 12.5. The summed E-state index contributed by atoms with van der Waals surface area (Å²) in [5, 5.41) is 11.0. The van der Waals surface area contributed by atoms with Gasteiger partial charge in [-0.15, -0.1) is 0 Å². The van der Waals surface area contributed by atoms with Crippen molar-refractivity contribution in [3.8, 4) is 0 Å². The van der Waals surface area contributed by atoms with E-state index in [2.05, 4.69) is 5.32 Å². The lowest BCUT2D eigenvalue weighted by Gasteiger charge is -2.19. The number of carboxylic acid groups (broad SMARTS) is 1. The van der Waals surface area contributed by atoms with Crippen LogP contribution in [0.3, 0.4) is 0 Å². The monoisotopic (exact) mass is 293 g/mol. The molecule has 19 heavy (non-hydrogen) atoms. The largest absolute Gasteiger partial charge is 0.481 e. The molecular formula is C12H23NO5S. The number of unbranched alkanes of at least 4 members (excludes halogenated alkanes) is 1. The number of carbonyl (C=O) groups excluding carboxylic acids is 1. The molecule has 0 saturated carbocycles. The molecule has 6 nitrogen and oxygen atoms in total. The quantitative estimate of drug-likeness (QED) is 0.649. The zero-order chi connectivity index (χ0) is 15.1. The third-order valence-corrected chi connectivity index (χ3v) is 5.28. The van der Waals surface area contributed by atoms with Gasteiger partial charge < -0.3 is 10.4 Å². The Morgan fingerprint density at radius 3 is 2.11 bits per heavy atom. The van der Waals surface area contributed by atoms with Crippen molar-refractivity contribution in [3.63, 3.8) is 0 Å². The molecule has 1 amide bonds. The lowest BCUT2D eigenvalue weighted by Crippen LogP contribution is -2.36. The summed E-state index contributed by atoms with van der Waals surface area (Å²) in [5.41, 5.74) is 0. The summed E-state index contributed by atoms with van der Waals surface area (Å²) in [5.74, 6) is -1.21. The average molecular weight is 293 g/mol. The highest BCUT2D eigenvalue weighted by molar-refractivity contribution is 7.92. The van der Waals surface area contributed by atoms with Gasteiger partial charge in [0.25, 0.3) is 0 Å². The van der Waals surface area contributed by atoms with Gasteiger partial charge in [0, 0.05) is 19.4 Å². The molecule has 0 heterocycles. The number of rotatable bonds is 8. The predicted molar refractivity (Wildman–Crippen MR) is 72.7 cm³/mol. The van der Waals surface area contributed by atoms with Crippen LogP contribution in [0.2, 0.25) is 0 Å². The van der Waals surface area contributed by atoms with Crippen molar-refractivity contribution in [1.82, 2.24) is 5.32 Å². The second-order valence-corrected chi connectivity index (χ2v) is 8.24. The normalized spacial score (nSPS) is 12.2. The van der Waals surface area contributed by atoms with E-state index in [0.717, 1.165) is 0 Å². The Labute approximate surface area is 114 Å². The Hall–Kier alpha value is -1.11. The van der Waals surface area contributed by atoms with Gasteiger partial charge in [0.05, 0.1) is 10.5 Å². The third kappa shape index (κ3) is 7.81. The van der Waals surface area contributed by atoms with Crippen LogP contribution in [-0.2, 0) is 19.4 Å². The minimum Gasteiger partial charge on any atom is -0.481 e. The summed E-state index contributed by atoms with van der Waals surface area (Å²) in [6.07, 6.45) is 1.21. The van der Waals surface area contributed by atoms with Crippen molar-refractivity contribution in [2.75, 3.05) is 12.3 Å². The van der Waals surface area contributed by atoms with Crippen LogP contribution in [0.5, 0.6) is 0 Å². The second kappa shape index (κ2) is 7.47. The lowest BCUT2D eigenvalue weighted by atomic mass is 10.2. The van der Waals surface area contributed by atoms with Gasteiger partial charge in [0.1, 0.15) is 0 Å². The molecule has 0 unspecified atom stereocenters. The Balaban J connectivity index is 3.84. The summed E-state index contributed by atoms with van der Waals surface area (Å²) in [6.45, 7) is 4.96. The van der Waals surface area contributed by atoms with Gasteiger partial charge in [-0.25, -0.2) is 8.42 Å². The number of sulfone groups is 1. The number of aliphatic carboxylic acids is 1. The van der Waals surface area contributed by atoms with E-state index in [1.54, 1.807) is 20.8 Å². The first-order chi connectivity index (χ1) is 8.56. The van der Waals surface area contributed by atoms with E-state index < -0.39 is 20.6 Å². The van der Waals surface area contributed by atoms with Crippen molar-refractivity contribution in [1.29, 1.82) is 0 Å². The number of carbonyl (C=O) groups is 2.